The third kappa shape index (κ3) is 6.43. The van der Waals surface area contributed by atoms with Gasteiger partial charge in [0.15, 0.2) is 5.76 Å². The van der Waals surface area contributed by atoms with Crippen LogP contribution in [0.5, 0.6) is 0 Å². The van der Waals surface area contributed by atoms with Crippen LogP contribution >= 0.6 is 11.8 Å². The second-order valence-corrected chi connectivity index (χ2v) is 12.3. The summed E-state index contributed by atoms with van der Waals surface area (Å²) in [6, 6.07) is 23.6. The average Bonchev–Trinajstić information content (AvgIpc) is 3.40. The van der Waals surface area contributed by atoms with Crippen molar-refractivity contribution in [2.45, 2.75) is 40.1 Å². The number of oxazole rings is 1. The van der Waals surface area contributed by atoms with Gasteiger partial charge in [-0.05, 0) is 42.0 Å². The molecule has 8 nitrogen and oxygen atoms in total. The Bertz CT molecular complexity index is 1520. The van der Waals surface area contributed by atoms with Gasteiger partial charge in [-0.25, -0.2) is 18.5 Å². The van der Waals surface area contributed by atoms with E-state index >= 15 is 0 Å². The smallest absolute Gasteiger partial charge is 0.238 e. The molecule has 10 heteroatoms. The van der Waals surface area contributed by atoms with Crippen molar-refractivity contribution in [2.75, 3.05) is 20.3 Å². The number of hydrogen-bond donors (Lipinski definition) is 2. The monoisotopic (exact) mass is 566 g/mol. The van der Waals surface area contributed by atoms with Crippen LogP contribution < -0.4 is 5.14 Å². The van der Waals surface area contributed by atoms with Crippen molar-refractivity contribution in [1.82, 2.24) is 4.98 Å². The van der Waals surface area contributed by atoms with Crippen LogP contribution in [0.4, 0.5) is 0 Å². The van der Waals surface area contributed by atoms with Crippen molar-refractivity contribution in [3.63, 3.8) is 0 Å². The number of nitrogens with two attached hydrogens (primary N) is 1. The number of aliphatic hydroxyl groups is 1. The first-order chi connectivity index (χ1) is 18.8. The number of aliphatic hydroxyl groups excluding tert-OH is 1. The molecule has 0 saturated carbocycles. The summed E-state index contributed by atoms with van der Waals surface area (Å²) >= 11 is 1.68. The van der Waals surface area contributed by atoms with Crippen LogP contribution in [-0.2, 0) is 25.9 Å². The van der Waals surface area contributed by atoms with Gasteiger partial charge in [0.25, 0.3) is 0 Å². The van der Waals surface area contributed by atoms with Gasteiger partial charge in [-0.2, -0.15) is 0 Å². The lowest BCUT2D eigenvalue weighted by molar-refractivity contribution is -0.0314. The van der Waals surface area contributed by atoms with E-state index in [1.165, 1.54) is 12.1 Å². The minimum Gasteiger partial charge on any atom is -0.437 e. The zero-order valence-corrected chi connectivity index (χ0v) is 23.1. The number of nitrogens with zero attached hydrogens (tertiary/aromatic N) is 1. The van der Waals surface area contributed by atoms with E-state index in [1.54, 1.807) is 31.0 Å². The fraction of sp³-hybridized carbons (Fsp3) is 0.276. The summed E-state index contributed by atoms with van der Waals surface area (Å²) in [4.78, 5) is 5.40. The molecule has 1 saturated heterocycles. The van der Waals surface area contributed by atoms with E-state index in [-0.39, 0.29) is 15.7 Å². The molecule has 1 aliphatic rings. The Balaban J connectivity index is 1.42. The molecular weight excluding hydrogens is 536 g/mol. The zero-order valence-electron chi connectivity index (χ0n) is 21.4. The summed E-state index contributed by atoms with van der Waals surface area (Å²) in [7, 11) is -2.09. The highest BCUT2D eigenvalue weighted by Gasteiger charge is 2.33. The SMILES string of the molecule is COC1(Sc2cccc(CC(O)c3nc(-c4ccccc4)c(-c4ccc(S(N)(=O)=O)cc4)o3)c2)CCOCC1. The number of aromatic nitrogens is 1. The Labute approximate surface area is 232 Å². The fourth-order valence-corrected chi connectivity index (χ4v) is 6.31. The molecule has 0 radical (unpaired) electrons. The maximum absolute atomic E-state index is 11.7. The average molecular weight is 567 g/mol. The van der Waals surface area contributed by atoms with Gasteiger partial charge >= 0.3 is 0 Å². The van der Waals surface area contributed by atoms with E-state index in [0.29, 0.717) is 36.7 Å². The van der Waals surface area contributed by atoms with Crippen LogP contribution in [-0.4, -0.2) is 43.8 Å². The van der Waals surface area contributed by atoms with Gasteiger partial charge < -0.3 is 19.0 Å². The number of hydrogen-bond acceptors (Lipinski definition) is 8. The molecule has 4 aromatic rings. The predicted molar refractivity (Wildman–Crippen MR) is 150 cm³/mol. The Morgan fingerprint density at radius 3 is 2.41 bits per heavy atom. The van der Waals surface area contributed by atoms with Crippen molar-refractivity contribution >= 4 is 21.8 Å². The van der Waals surface area contributed by atoms with Gasteiger partial charge in [0.2, 0.25) is 15.9 Å². The Hall–Kier alpha value is -2.99. The molecule has 0 bridgehead atoms. The van der Waals surface area contributed by atoms with Crippen molar-refractivity contribution in [2.24, 2.45) is 5.14 Å². The molecule has 1 fully saturated rings. The minimum absolute atomic E-state index is 0.000965. The molecule has 2 heterocycles. The highest BCUT2D eigenvalue weighted by atomic mass is 32.2. The highest BCUT2D eigenvalue weighted by Crippen LogP contribution is 2.41. The van der Waals surface area contributed by atoms with Crippen LogP contribution in [0.3, 0.4) is 0 Å². The summed E-state index contributed by atoms with van der Waals surface area (Å²) in [5.41, 5.74) is 2.92. The van der Waals surface area contributed by atoms with Crippen molar-refractivity contribution < 1.29 is 27.4 Å². The van der Waals surface area contributed by atoms with E-state index in [9.17, 15) is 13.5 Å². The lowest BCUT2D eigenvalue weighted by atomic mass is 10.1. The maximum Gasteiger partial charge on any atom is 0.238 e. The molecule has 0 aliphatic carbocycles. The molecular formula is C29H30N2O6S2. The van der Waals surface area contributed by atoms with Crippen LogP contribution in [0, 0.1) is 0 Å². The lowest BCUT2D eigenvalue weighted by Gasteiger charge is -2.35. The molecule has 39 heavy (non-hydrogen) atoms. The lowest BCUT2D eigenvalue weighted by Crippen LogP contribution is -2.34. The van der Waals surface area contributed by atoms with Crippen molar-refractivity contribution in [3.8, 4) is 22.6 Å². The summed E-state index contributed by atoms with van der Waals surface area (Å²) in [6.45, 7) is 1.33. The first-order valence-electron chi connectivity index (χ1n) is 12.5. The minimum atomic E-state index is -3.83. The van der Waals surface area contributed by atoms with Crippen molar-refractivity contribution in [3.05, 3.63) is 90.3 Å². The Morgan fingerprint density at radius 2 is 1.74 bits per heavy atom. The normalized spacial score (nSPS) is 16.2. The molecule has 3 aromatic carbocycles. The number of benzene rings is 3. The van der Waals surface area contributed by atoms with E-state index in [4.69, 9.17) is 19.0 Å². The van der Waals surface area contributed by atoms with Crippen LogP contribution in [0.25, 0.3) is 22.6 Å². The van der Waals surface area contributed by atoms with Gasteiger partial charge in [-0.15, -0.1) is 0 Å². The van der Waals surface area contributed by atoms with Crippen LogP contribution in [0.2, 0.25) is 0 Å². The van der Waals surface area contributed by atoms with E-state index < -0.39 is 16.1 Å². The molecule has 3 N–H and O–H groups in total. The van der Waals surface area contributed by atoms with Gasteiger partial charge in [-0.3, -0.25) is 0 Å². The first kappa shape index (κ1) is 27.6. The zero-order chi connectivity index (χ0) is 27.5. The fourth-order valence-electron chi connectivity index (χ4n) is 4.55. The third-order valence-corrected chi connectivity index (χ3v) is 9.04. The number of primary sulfonamides is 1. The summed E-state index contributed by atoms with van der Waals surface area (Å²) < 4.78 is 40.9. The molecule has 1 aromatic heterocycles. The van der Waals surface area contributed by atoms with Gasteiger partial charge in [0.05, 0.1) is 18.1 Å². The molecule has 1 atom stereocenters. The Kier molecular flexibility index (Phi) is 8.22. The highest BCUT2D eigenvalue weighted by molar-refractivity contribution is 8.00. The van der Waals surface area contributed by atoms with Gasteiger partial charge in [0, 0.05) is 42.4 Å². The van der Waals surface area contributed by atoms with E-state index in [2.05, 4.69) is 11.1 Å². The Morgan fingerprint density at radius 1 is 1.03 bits per heavy atom. The summed E-state index contributed by atoms with van der Waals surface area (Å²) in [6.07, 6.45) is 0.918. The van der Waals surface area contributed by atoms with Crippen LogP contribution in [0.1, 0.15) is 30.4 Å². The predicted octanol–water partition coefficient (Wildman–Crippen LogP) is 5.18. The topological polar surface area (TPSA) is 125 Å². The van der Waals surface area contributed by atoms with Gasteiger partial charge in [0.1, 0.15) is 16.7 Å². The molecule has 1 aliphatic heterocycles. The van der Waals surface area contributed by atoms with E-state index in [1.807, 2.05) is 48.5 Å². The first-order valence-corrected chi connectivity index (χ1v) is 14.9. The largest absolute Gasteiger partial charge is 0.437 e. The molecule has 0 spiro atoms. The molecule has 1 unspecified atom stereocenters. The molecule has 0 amide bonds. The van der Waals surface area contributed by atoms with Crippen LogP contribution in [0.15, 0.2) is 93.1 Å². The second-order valence-electron chi connectivity index (χ2n) is 9.36. The third-order valence-electron chi connectivity index (χ3n) is 6.68. The van der Waals surface area contributed by atoms with E-state index in [0.717, 1.165) is 28.9 Å². The van der Waals surface area contributed by atoms with Crippen molar-refractivity contribution in [1.29, 1.82) is 0 Å². The maximum atomic E-state index is 11.7. The quantitative estimate of drug-likeness (QED) is 0.266. The molecule has 204 valence electrons. The summed E-state index contributed by atoms with van der Waals surface area (Å²) in [5, 5.41) is 16.4. The van der Waals surface area contributed by atoms with Gasteiger partial charge in [-0.1, -0.05) is 54.2 Å². The number of sulfonamides is 1. The number of ether oxygens (including phenoxy) is 2. The number of methoxy groups -OCH3 is 1. The number of thioether (sulfide) groups is 1. The second kappa shape index (κ2) is 11.6. The standard InChI is InChI=1S/C29H30N2O6S2/c1-35-29(14-16-36-17-15-29)38-23-9-5-6-20(18-23)19-25(32)28-31-26(21-7-3-2-4-8-21)27(37-28)22-10-12-24(13-11-22)39(30,33)34/h2-13,18,25,32H,14-17,19H2,1H3,(H2,30,33,34). The number of rotatable bonds is 9. The molecule has 5 rings (SSSR count). The summed E-state index contributed by atoms with van der Waals surface area (Å²) in [5.74, 6) is 0.609.